The number of hydrogen-bond donors (Lipinski definition) is 0. The molecule has 0 N–H and O–H groups in total. The van der Waals surface area contributed by atoms with Crippen molar-refractivity contribution in [2.45, 2.75) is 25.7 Å². The molecule has 0 fully saturated rings. The van der Waals surface area contributed by atoms with Crippen LogP contribution in [0.1, 0.15) is 22.3 Å². The molecule has 0 spiro atoms. The van der Waals surface area contributed by atoms with Gasteiger partial charge >= 0.3 is 0 Å². The average molecular weight is 706 g/mol. The Labute approximate surface area is 254 Å². The van der Waals surface area contributed by atoms with Gasteiger partial charge in [-0.1, -0.05) is 90.3 Å². The van der Waals surface area contributed by atoms with Gasteiger partial charge in [-0.05, 0) is 71.5 Å². The minimum atomic E-state index is 0. The zero-order valence-corrected chi connectivity index (χ0v) is 24.9. The molecule has 3 nitrogen and oxygen atoms in total. The van der Waals surface area contributed by atoms with E-state index >= 15 is 0 Å². The Balaban J connectivity index is 0.000000196. The molecule has 0 bridgehead atoms. The first-order valence-electron chi connectivity index (χ1n) is 13.8. The molecule has 0 saturated carbocycles. The van der Waals surface area contributed by atoms with Crippen LogP contribution in [0.4, 0.5) is 0 Å². The fraction of sp³-hybridized carbons (Fsp3) is 0.108. The molecule has 0 aliphatic heterocycles. The van der Waals surface area contributed by atoms with Gasteiger partial charge in [0.15, 0.2) is 0 Å². The van der Waals surface area contributed by atoms with Crippen LogP contribution < -0.4 is 0 Å². The molecule has 1 radical (unpaired) electrons. The first-order chi connectivity index (χ1) is 19.8. The van der Waals surface area contributed by atoms with E-state index in [1.165, 1.54) is 44.5 Å². The average Bonchev–Trinajstić information content (AvgIpc) is 3.05. The number of benzene rings is 3. The molecule has 0 unspecified atom stereocenters. The number of hydrogen-bond acceptors (Lipinski definition) is 3. The van der Waals surface area contributed by atoms with Crippen molar-refractivity contribution in [2.75, 3.05) is 0 Å². The summed E-state index contributed by atoms with van der Waals surface area (Å²) in [6.07, 6.45) is 11.6. The van der Waals surface area contributed by atoms with Crippen LogP contribution in [0.2, 0.25) is 0 Å². The Kier molecular flexibility index (Phi) is 7.95. The Hall–Kier alpha value is -4.24. The van der Waals surface area contributed by atoms with E-state index in [1.807, 2.05) is 24.4 Å². The second-order valence-corrected chi connectivity index (χ2v) is 10.2. The summed E-state index contributed by atoms with van der Waals surface area (Å²) in [6, 6.07) is 38.3. The van der Waals surface area contributed by atoms with E-state index in [-0.39, 0.29) is 20.1 Å². The third kappa shape index (κ3) is 5.54. The molecule has 0 atom stereocenters. The Morgan fingerprint density at radius 3 is 2.12 bits per heavy atom. The predicted octanol–water partition coefficient (Wildman–Crippen LogP) is 8.02. The van der Waals surface area contributed by atoms with E-state index in [4.69, 9.17) is 0 Å². The van der Waals surface area contributed by atoms with Crippen LogP contribution >= 0.6 is 0 Å². The number of pyridine rings is 3. The molecule has 3 aromatic carbocycles. The van der Waals surface area contributed by atoms with Crippen molar-refractivity contribution < 1.29 is 20.1 Å². The first kappa shape index (κ1) is 27.0. The largest absolute Gasteiger partial charge is 0.360 e. The fourth-order valence-electron chi connectivity index (χ4n) is 5.83. The second kappa shape index (κ2) is 12.1. The van der Waals surface area contributed by atoms with Crippen LogP contribution in [0, 0.1) is 12.1 Å². The maximum Gasteiger partial charge on any atom is 0.0166 e. The van der Waals surface area contributed by atoms with Crippen LogP contribution in [0.25, 0.3) is 44.8 Å². The Morgan fingerprint density at radius 1 is 0.561 bits per heavy atom. The van der Waals surface area contributed by atoms with E-state index in [2.05, 4.69) is 93.8 Å². The van der Waals surface area contributed by atoms with Gasteiger partial charge < -0.3 is 15.0 Å². The van der Waals surface area contributed by atoms with Gasteiger partial charge in [0.2, 0.25) is 0 Å². The van der Waals surface area contributed by atoms with E-state index < -0.39 is 0 Å². The van der Waals surface area contributed by atoms with Crippen molar-refractivity contribution in [3.8, 4) is 44.8 Å². The standard InChI is InChI=1S/C27H20N.C10H7N2.Ir/c1-2-5-18(6-3-1)21-13-14-28-25(17-21)24-15-22-11-9-19-7-4-8-20-10-12-23(16-24)27(22)26(19)20;1-2-7-12-10(5-1)9-4-3-6-11-8-9;/h1-8,13-15,17H,9-12H2;1-3,5-8H;/q2*-1;. The van der Waals surface area contributed by atoms with Gasteiger partial charge in [0, 0.05) is 32.5 Å². The summed E-state index contributed by atoms with van der Waals surface area (Å²) in [5.41, 5.74) is 15.2. The first-order valence-corrected chi connectivity index (χ1v) is 13.8. The van der Waals surface area contributed by atoms with Gasteiger partial charge in [-0.25, -0.2) is 0 Å². The zero-order chi connectivity index (χ0) is 26.7. The maximum atomic E-state index is 4.69. The van der Waals surface area contributed by atoms with Crippen molar-refractivity contribution in [3.63, 3.8) is 0 Å². The van der Waals surface area contributed by atoms with E-state index in [9.17, 15) is 0 Å². The number of aryl methyl sites for hydroxylation is 4. The number of nitrogens with zero attached hydrogens (tertiary/aromatic N) is 3. The summed E-state index contributed by atoms with van der Waals surface area (Å²) in [5.74, 6) is 0. The van der Waals surface area contributed by atoms with Gasteiger partial charge in [-0.3, -0.25) is 0 Å². The summed E-state index contributed by atoms with van der Waals surface area (Å²) in [5, 5.41) is 0. The third-order valence-electron chi connectivity index (χ3n) is 7.71. The van der Waals surface area contributed by atoms with Gasteiger partial charge in [0.1, 0.15) is 0 Å². The molecule has 2 aliphatic carbocycles. The summed E-state index contributed by atoms with van der Waals surface area (Å²) in [4.78, 5) is 12.9. The SMILES string of the molecule is [Ir].[c-]1c(-c2cc(-c3ccccc3)ccn2)cc2c3c1CCc1cccc(c1-3)CC2.[c-]1ccncc1-c1ccccn1. The smallest absolute Gasteiger partial charge is 0.0166 e. The van der Waals surface area contributed by atoms with Crippen LogP contribution in [0.15, 0.2) is 116 Å². The molecule has 41 heavy (non-hydrogen) atoms. The van der Waals surface area contributed by atoms with E-state index in [1.54, 1.807) is 24.7 Å². The van der Waals surface area contributed by atoms with Gasteiger partial charge in [0.25, 0.3) is 0 Å². The van der Waals surface area contributed by atoms with Crippen molar-refractivity contribution in [2.24, 2.45) is 0 Å². The topological polar surface area (TPSA) is 38.7 Å². The van der Waals surface area contributed by atoms with Gasteiger partial charge in [0.05, 0.1) is 0 Å². The molecule has 0 saturated heterocycles. The molecular weight excluding hydrogens is 679 g/mol. The quantitative estimate of drug-likeness (QED) is 0.175. The molecule has 0 amide bonds. The molecule has 6 aromatic rings. The van der Waals surface area contributed by atoms with E-state index in [0.717, 1.165) is 48.2 Å². The summed E-state index contributed by atoms with van der Waals surface area (Å²) in [7, 11) is 0. The summed E-state index contributed by atoms with van der Waals surface area (Å²) < 4.78 is 0. The molecule has 2 aliphatic rings. The van der Waals surface area contributed by atoms with Crippen LogP contribution in [0.5, 0.6) is 0 Å². The minimum absolute atomic E-state index is 0. The van der Waals surface area contributed by atoms with Crippen LogP contribution in [-0.4, -0.2) is 15.0 Å². The predicted molar refractivity (Wildman–Crippen MR) is 161 cm³/mol. The van der Waals surface area contributed by atoms with Gasteiger partial charge in [-0.15, -0.1) is 46.5 Å². The molecule has 8 rings (SSSR count). The Bertz CT molecular complexity index is 1700. The Morgan fingerprint density at radius 2 is 1.34 bits per heavy atom. The van der Waals surface area contributed by atoms with Crippen LogP contribution in [-0.2, 0) is 45.8 Å². The minimum Gasteiger partial charge on any atom is -0.360 e. The maximum absolute atomic E-state index is 4.69. The molecule has 201 valence electrons. The molecule has 4 heteroatoms. The van der Waals surface area contributed by atoms with Crippen molar-refractivity contribution in [1.29, 1.82) is 0 Å². The van der Waals surface area contributed by atoms with Crippen LogP contribution in [0.3, 0.4) is 0 Å². The number of rotatable bonds is 3. The van der Waals surface area contributed by atoms with Crippen molar-refractivity contribution >= 4 is 0 Å². The van der Waals surface area contributed by atoms with E-state index in [0.29, 0.717) is 0 Å². The van der Waals surface area contributed by atoms with Gasteiger partial charge in [-0.2, -0.15) is 0 Å². The molecule has 3 heterocycles. The molecule has 3 aromatic heterocycles. The summed E-state index contributed by atoms with van der Waals surface area (Å²) in [6.45, 7) is 0. The second-order valence-electron chi connectivity index (χ2n) is 10.2. The zero-order valence-electron chi connectivity index (χ0n) is 22.5. The monoisotopic (exact) mass is 706 g/mol. The number of aromatic nitrogens is 3. The molecular formula is C37H27IrN3-2. The third-order valence-corrected chi connectivity index (χ3v) is 7.71. The van der Waals surface area contributed by atoms with Crippen molar-refractivity contribution in [3.05, 3.63) is 150 Å². The van der Waals surface area contributed by atoms with Crippen molar-refractivity contribution in [1.82, 2.24) is 15.0 Å². The fourth-order valence-corrected chi connectivity index (χ4v) is 5.83. The summed E-state index contributed by atoms with van der Waals surface area (Å²) >= 11 is 0. The normalized spacial score (nSPS) is 12.3.